The molecule has 2 aliphatic heterocycles. The number of amides is 2. The summed E-state index contributed by atoms with van der Waals surface area (Å²) in [5.74, 6) is 0.0763. The van der Waals surface area contributed by atoms with Crippen molar-refractivity contribution in [3.8, 4) is 0 Å². The Labute approximate surface area is 124 Å². The number of anilines is 1. The zero-order chi connectivity index (χ0) is 15.2. The van der Waals surface area contributed by atoms with Crippen molar-refractivity contribution in [3.05, 3.63) is 29.3 Å². The van der Waals surface area contributed by atoms with E-state index in [1.165, 1.54) is 0 Å². The topological polar surface area (TPSA) is 49.9 Å². The molecule has 1 saturated heterocycles. The minimum absolute atomic E-state index is 0.0129. The smallest absolute Gasteiger partial charge is 0.254 e. The fourth-order valence-electron chi connectivity index (χ4n) is 3.06. The molecule has 1 aromatic carbocycles. The van der Waals surface area contributed by atoms with Crippen LogP contribution in [0.1, 0.15) is 29.8 Å². The molecule has 0 N–H and O–H groups in total. The Kier molecular flexibility index (Phi) is 3.24. The molecule has 0 saturated carbocycles. The molecule has 21 heavy (non-hydrogen) atoms. The van der Waals surface area contributed by atoms with Gasteiger partial charge in [0.05, 0.1) is 18.6 Å². The van der Waals surface area contributed by atoms with Crippen LogP contribution in [0, 0.1) is 0 Å². The Morgan fingerprint density at radius 3 is 2.57 bits per heavy atom. The van der Waals surface area contributed by atoms with Crippen molar-refractivity contribution in [1.29, 1.82) is 0 Å². The minimum Gasteiger partial charge on any atom is -0.378 e. The molecule has 1 aromatic rings. The maximum Gasteiger partial charge on any atom is 0.254 e. The van der Waals surface area contributed by atoms with E-state index in [0.29, 0.717) is 31.9 Å². The average Bonchev–Trinajstić information content (AvgIpc) is 2.68. The Bertz CT molecular complexity index is 604. The van der Waals surface area contributed by atoms with E-state index in [0.717, 1.165) is 11.3 Å². The highest BCUT2D eigenvalue weighted by molar-refractivity contribution is 6.08. The van der Waals surface area contributed by atoms with Gasteiger partial charge >= 0.3 is 0 Å². The second-order valence-corrected chi connectivity index (χ2v) is 6.13. The highest BCUT2D eigenvalue weighted by atomic mass is 16.5. The third-order valence-corrected chi connectivity index (χ3v) is 4.42. The summed E-state index contributed by atoms with van der Waals surface area (Å²) in [5.41, 5.74) is 1.88. The predicted molar refractivity (Wildman–Crippen MR) is 79.6 cm³/mol. The van der Waals surface area contributed by atoms with Crippen molar-refractivity contribution in [2.45, 2.75) is 19.3 Å². The molecule has 1 fully saturated rings. The van der Waals surface area contributed by atoms with Gasteiger partial charge in [0.25, 0.3) is 5.91 Å². The van der Waals surface area contributed by atoms with E-state index in [1.807, 2.05) is 32.0 Å². The first-order chi connectivity index (χ1) is 9.93. The number of ether oxygens (including phenoxy) is 1. The van der Waals surface area contributed by atoms with Crippen LogP contribution in [0.5, 0.6) is 0 Å². The molecule has 2 heterocycles. The third kappa shape index (κ3) is 2.12. The Hall–Kier alpha value is -1.88. The number of hydrogen-bond acceptors (Lipinski definition) is 3. The largest absolute Gasteiger partial charge is 0.378 e. The highest BCUT2D eigenvalue weighted by Gasteiger charge is 2.42. The number of morpholine rings is 1. The molecular weight excluding hydrogens is 268 g/mol. The monoisotopic (exact) mass is 288 g/mol. The van der Waals surface area contributed by atoms with Gasteiger partial charge in [0.2, 0.25) is 5.91 Å². The van der Waals surface area contributed by atoms with Crippen molar-refractivity contribution in [1.82, 2.24) is 4.90 Å². The summed E-state index contributed by atoms with van der Waals surface area (Å²) in [6, 6.07) is 5.55. The number of rotatable bonds is 1. The van der Waals surface area contributed by atoms with Crippen LogP contribution in [0.15, 0.2) is 18.2 Å². The lowest BCUT2D eigenvalue weighted by atomic mass is 9.85. The normalized spacial score (nSPS) is 20.6. The minimum atomic E-state index is -0.578. The summed E-state index contributed by atoms with van der Waals surface area (Å²) in [4.78, 5) is 28.3. The van der Waals surface area contributed by atoms with Crippen molar-refractivity contribution < 1.29 is 14.3 Å². The second-order valence-electron chi connectivity index (χ2n) is 6.13. The van der Waals surface area contributed by atoms with Crippen LogP contribution in [0.4, 0.5) is 5.69 Å². The van der Waals surface area contributed by atoms with Crippen LogP contribution in [0.2, 0.25) is 0 Å². The van der Waals surface area contributed by atoms with Gasteiger partial charge in [0.15, 0.2) is 0 Å². The number of hydrogen-bond donors (Lipinski definition) is 0. The molecule has 0 aliphatic carbocycles. The molecule has 0 aromatic heterocycles. The number of fused-ring (bicyclic) bond motifs is 1. The zero-order valence-electron chi connectivity index (χ0n) is 12.7. The van der Waals surface area contributed by atoms with Crippen molar-refractivity contribution in [3.63, 3.8) is 0 Å². The molecule has 0 spiro atoms. The fourth-order valence-corrected chi connectivity index (χ4v) is 3.06. The molecule has 0 unspecified atom stereocenters. The van der Waals surface area contributed by atoms with Gasteiger partial charge in [0, 0.05) is 31.4 Å². The first-order valence-electron chi connectivity index (χ1n) is 7.22. The van der Waals surface area contributed by atoms with Crippen LogP contribution in [-0.2, 0) is 14.9 Å². The molecule has 112 valence electrons. The molecule has 3 rings (SSSR count). The number of carbonyl (C=O) groups is 2. The first kappa shape index (κ1) is 14.1. The van der Waals surface area contributed by atoms with Crippen LogP contribution < -0.4 is 4.90 Å². The number of benzene rings is 1. The quantitative estimate of drug-likeness (QED) is 0.785. The number of nitrogens with zero attached hydrogens (tertiary/aromatic N) is 2. The maximum atomic E-state index is 12.5. The van der Waals surface area contributed by atoms with E-state index in [4.69, 9.17) is 4.74 Å². The molecule has 5 nitrogen and oxygen atoms in total. The Morgan fingerprint density at radius 1 is 1.24 bits per heavy atom. The van der Waals surface area contributed by atoms with E-state index in [2.05, 4.69) is 0 Å². The van der Waals surface area contributed by atoms with Crippen molar-refractivity contribution >= 4 is 17.5 Å². The van der Waals surface area contributed by atoms with Gasteiger partial charge in [-0.1, -0.05) is 0 Å². The summed E-state index contributed by atoms with van der Waals surface area (Å²) in [6.07, 6.45) is 0. The Balaban J connectivity index is 1.95. The van der Waals surface area contributed by atoms with E-state index in [1.54, 1.807) is 16.8 Å². The molecule has 0 radical (unpaired) electrons. The molecule has 0 atom stereocenters. The second kappa shape index (κ2) is 4.84. The van der Waals surface area contributed by atoms with Gasteiger partial charge in [-0.25, -0.2) is 0 Å². The van der Waals surface area contributed by atoms with E-state index >= 15 is 0 Å². The summed E-state index contributed by atoms with van der Waals surface area (Å²) >= 11 is 0. The molecule has 2 aliphatic rings. The van der Waals surface area contributed by atoms with E-state index < -0.39 is 5.41 Å². The van der Waals surface area contributed by atoms with Gasteiger partial charge < -0.3 is 14.5 Å². The number of carbonyl (C=O) groups excluding carboxylic acids is 2. The lowest BCUT2D eigenvalue weighted by Crippen LogP contribution is -2.40. The predicted octanol–water partition coefficient (Wildman–Crippen LogP) is 1.41. The zero-order valence-corrected chi connectivity index (χ0v) is 12.7. The van der Waals surface area contributed by atoms with Crippen LogP contribution in [0.3, 0.4) is 0 Å². The van der Waals surface area contributed by atoms with E-state index in [9.17, 15) is 9.59 Å². The van der Waals surface area contributed by atoms with Gasteiger partial charge in [-0.3, -0.25) is 9.59 Å². The van der Waals surface area contributed by atoms with Gasteiger partial charge in [-0.2, -0.15) is 0 Å². The summed E-state index contributed by atoms with van der Waals surface area (Å²) in [7, 11) is 1.78. The lowest BCUT2D eigenvalue weighted by molar-refractivity contribution is -0.121. The Morgan fingerprint density at radius 2 is 1.90 bits per heavy atom. The van der Waals surface area contributed by atoms with Crippen molar-refractivity contribution in [2.24, 2.45) is 0 Å². The standard InChI is InChI=1S/C16H20N2O3/c1-16(2)12-10-11(4-5-13(12)17(3)15(16)20)14(19)18-6-8-21-9-7-18/h4-5,10H,6-9H2,1-3H3. The third-order valence-electron chi connectivity index (χ3n) is 4.42. The lowest BCUT2D eigenvalue weighted by Gasteiger charge is -2.27. The van der Waals surface area contributed by atoms with Gasteiger partial charge in [-0.05, 0) is 37.6 Å². The molecular formula is C16H20N2O3. The summed E-state index contributed by atoms with van der Waals surface area (Å²) in [5, 5.41) is 0. The maximum absolute atomic E-state index is 12.5. The van der Waals surface area contributed by atoms with Crippen LogP contribution >= 0.6 is 0 Å². The van der Waals surface area contributed by atoms with Crippen LogP contribution in [-0.4, -0.2) is 50.1 Å². The summed E-state index contributed by atoms with van der Waals surface area (Å²) in [6.45, 7) is 6.23. The van der Waals surface area contributed by atoms with Crippen molar-refractivity contribution in [2.75, 3.05) is 38.3 Å². The molecule has 5 heteroatoms. The SMILES string of the molecule is CN1C(=O)C(C)(C)c2cc(C(=O)N3CCOCC3)ccc21. The average molecular weight is 288 g/mol. The number of likely N-dealkylation sites (N-methyl/N-ethyl adjacent to an activating group) is 1. The van der Waals surface area contributed by atoms with E-state index in [-0.39, 0.29) is 11.8 Å². The first-order valence-corrected chi connectivity index (χ1v) is 7.22. The van der Waals surface area contributed by atoms with Gasteiger partial charge in [-0.15, -0.1) is 0 Å². The molecule has 0 bridgehead atoms. The fraction of sp³-hybridized carbons (Fsp3) is 0.500. The van der Waals surface area contributed by atoms with Crippen LogP contribution in [0.25, 0.3) is 0 Å². The van der Waals surface area contributed by atoms with Gasteiger partial charge in [0.1, 0.15) is 0 Å². The summed E-state index contributed by atoms with van der Waals surface area (Å²) < 4.78 is 5.28. The molecule has 2 amide bonds. The highest BCUT2D eigenvalue weighted by Crippen LogP contribution is 2.41.